The van der Waals surface area contributed by atoms with Gasteiger partial charge in [-0.25, -0.2) is 0 Å². The SMILES string of the molecule is COc1ccc(N(C)c2nc(Cl)nnc2Cl)cc1. The number of benzene rings is 1. The molecule has 1 aromatic carbocycles. The second kappa shape index (κ2) is 5.37. The first-order valence-corrected chi connectivity index (χ1v) is 5.81. The zero-order valence-corrected chi connectivity index (χ0v) is 11.3. The Morgan fingerprint density at radius 1 is 1.11 bits per heavy atom. The van der Waals surface area contributed by atoms with Crippen LogP contribution in [-0.2, 0) is 0 Å². The summed E-state index contributed by atoms with van der Waals surface area (Å²) in [5.41, 5.74) is 0.884. The molecule has 0 radical (unpaired) electrons. The van der Waals surface area contributed by atoms with Crippen LogP contribution in [0.4, 0.5) is 11.5 Å². The fraction of sp³-hybridized carbons (Fsp3) is 0.182. The number of methoxy groups -OCH3 is 1. The van der Waals surface area contributed by atoms with E-state index in [2.05, 4.69) is 15.2 Å². The summed E-state index contributed by atoms with van der Waals surface area (Å²) < 4.78 is 5.09. The van der Waals surface area contributed by atoms with E-state index >= 15 is 0 Å². The van der Waals surface area contributed by atoms with Gasteiger partial charge in [0.05, 0.1) is 7.11 Å². The lowest BCUT2D eigenvalue weighted by Gasteiger charge is -2.18. The molecule has 2 rings (SSSR count). The minimum atomic E-state index is 0.0507. The number of anilines is 2. The summed E-state index contributed by atoms with van der Waals surface area (Å²) in [7, 11) is 3.43. The van der Waals surface area contributed by atoms with Crippen LogP contribution in [-0.4, -0.2) is 29.3 Å². The van der Waals surface area contributed by atoms with Crippen LogP contribution in [0.25, 0.3) is 0 Å². The smallest absolute Gasteiger partial charge is 0.245 e. The van der Waals surface area contributed by atoms with Gasteiger partial charge in [0.2, 0.25) is 5.28 Å². The highest BCUT2D eigenvalue weighted by atomic mass is 35.5. The van der Waals surface area contributed by atoms with E-state index in [1.165, 1.54) is 0 Å². The summed E-state index contributed by atoms with van der Waals surface area (Å²) in [5, 5.41) is 7.53. The molecule has 2 aromatic rings. The van der Waals surface area contributed by atoms with Crippen LogP contribution in [0.2, 0.25) is 10.4 Å². The summed E-state index contributed by atoms with van der Waals surface area (Å²) in [6.45, 7) is 0. The Kier molecular flexibility index (Phi) is 3.84. The van der Waals surface area contributed by atoms with Crippen molar-refractivity contribution in [1.29, 1.82) is 0 Å². The van der Waals surface area contributed by atoms with E-state index in [0.717, 1.165) is 11.4 Å². The van der Waals surface area contributed by atoms with Crippen molar-refractivity contribution < 1.29 is 4.74 Å². The molecule has 0 aliphatic carbocycles. The average Bonchev–Trinajstić information content (AvgIpc) is 2.41. The second-order valence-electron chi connectivity index (χ2n) is 3.45. The summed E-state index contributed by atoms with van der Waals surface area (Å²) in [6, 6.07) is 7.45. The van der Waals surface area contributed by atoms with E-state index in [4.69, 9.17) is 27.9 Å². The van der Waals surface area contributed by atoms with Gasteiger partial charge in [-0.15, -0.1) is 10.2 Å². The molecule has 0 fully saturated rings. The number of hydrogen-bond acceptors (Lipinski definition) is 5. The van der Waals surface area contributed by atoms with Gasteiger partial charge in [0, 0.05) is 12.7 Å². The van der Waals surface area contributed by atoms with Gasteiger partial charge < -0.3 is 9.64 Å². The molecule has 0 N–H and O–H groups in total. The summed E-state index contributed by atoms with van der Waals surface area (Å²) in [6.07, 6.45) is 0. The normalized spacial score (nSPS) is 10.2. The first kappa shape index (κ1) is 12.9. The van der Waals surface area contributed by atoms with Gasteiger partial charge in [-0.3, -0.25) is 0 Å². The van der Waals surface area contributed by atoms with Crippen LogP contribution in [0.5, 0.6) is 5.75 Å². The van der Waals surface area contributed by atoms with E-state index in [1.54, 1.807) is 12.0 Å². The molecule has 18 heavy (non-hydrogen) atoms. The topological polar surface area (TPSA) is 51.1 Å². The zero-order valence-electron chi connectivity index (χ0n) is 9.76. The molecule has 0 spiro atoms. The summed E-state index contributed by atoms with van der Waals surface area (Å²) in [5.74, 6) is 1.22. The van der Waals surface area contributed by atoms with Crippen molar-refractivity contribution in [1.82, 2.24) is 15.2 Å². The van der Waals surface area contributed by atoms with Gasteiger partial charge in [0.1, 0.15) is 5.75 Å². The van der Waals surface area contributed by atoms with E-state index in [0.29, 0.717) is 5.82 Å². The second-order valence-corrected chi connectivity index (χ2v) is 4.15. The largest absolute Gasteiger partial charge is 0.497 e. The monoisotopic (exact) mass is 284 g/mol. The molecule has 0 aliphatic rings. The number of rotatable bonds is 3. The van der Waals surface area contributed by atoms with E-state index in [9.17, 15) is 0 Å². The lowest BCUT2D eigenvalue weighted by Crippen LogP contribution is -2.13. The first-order valence-electron chi connectivity index (χ1n) is 5.05. The number of ether oxygens (including phenoxy) is 1. The fourth-order valence-electron chi connectivity index (χ4n) is 1.43. The third kappa shape index (κ3) is 2.63. The third-order valence-corrected chi connectivity index (χ3v) is 2.79. The molecule has 0 bridgehead atoms. The molecule has 94 valence electrons. The average molecular weight is 285 g/mol. The van der Waals surface area contributed by atoms with Gasteiger partial charge in [-0.05, 0) is 35.9 Å². The van der Waals surface area contributed by atoms with E-state index in [-0.39, 0.29) is 10.4 Å². The van der Waals surface area contributed by atoms with Crippen LogP contribution in [0.15, 0.2) is 24.3 Å². The van der Waals surface area contributed by atoms with Crippen molar-refractivity contribution >= 4 is 34.7 Å². The fourth-order valence-corrected chi connectivity index (χ4v) is 1.75. The number of aromatic nitrogens is 3. The quantitative estimate of drug-likeness (QED) is 0.867. The number of nitrogens with zero attached hydrogens (tertiary/aromatic N) is 4. The lowest BCUT2D eigenvalue weighted by atomic mass is 10.3. The minimum absolute atomic E-state index is 0.0507. The molecule has 5 nitrogen and oxygen atoms in total. The molecule has 1 aromatic heterocycles. The predicted octanol–water partition coefficient (Wildman–Crippen LogP) is 2.95. The van der Waals surface area contributed by atoms with Gasteiger partial charge >= 0.3 is 0 Å². The van der Waals surface area contributed by atoms with Gasteiger partial charge in [-0.1, -0.05) is 11.6 Å². The van der Waals surface area contributed by atoms with Crippen LogP contribution < -0.4 is 9.64 Å². The van der Waals surface area contributed by atoms with E-state index in [1.807, 2.05) is 31.3 Å². The molecule has 0 aliphatic heterocycles. The molecule has 0 amide bonds. The Bertz CT molecular complexity index is 547. The number of halogens is 2. The van der Waals surface area contributed by atoms with Crippen molar-refractivity contribution in [2.45, 2.75) is 0 Å². The Balaban J connectivity index is 2.34. The van der Waals surface area contributed by atoms with Crippen LogP contribution >= 0.6 is 23.2 Å². The van der Waals surface area contributed by atoms with Crippen LogP contribution in [0.3, 0.4) is 0 Å². The first-order chi connectivity index (χ1) is 8.61. The van der Waals surface area contributed by atoms with Crippen LogP contribution in [0.1, 0.15) is 0 Å². The molecule has 7 heteroatoms. The maximum atomic E-state index is 5.94. The van der Waals surface area contributed by atoms with Crippen LogP contribution in [0, 0.1) is 0 Å². The number of hydrogen-bond donors (Lipinski definition) is 0. The highest BCUT2D eigenvalue weighted by molar-refractivity contribution is 6.32. The zero-order chi connectivity index (χ0) is 13.1. The highest BCUT2D eigenvalue weighted by Gasteiger charge is 2.12. The molecular weight excluding hydrogens is 275 g/mol. The van der Waals surface area contributed by atoms with Crippen molar-refractivity contribution in [3.8, 4) is 5.75 Å². The Morgan fingerprint density at radius 2 is 1.78 bits per heavy atom. The molecule has 0 saturated heterocycles. The molecule has 0 unspecified atom stereocenters. The van der Waals surface area contributed by atoms with E-state index < -0.39 is 0 Å². The third-order valence-electron chi connectivity index (χ3n) is 2.38. The maximum Gasteiger partial charge on any atom is 0.245 e. The predicted molar refractivity (Wildman–Crippen MR) is 70.9 cm³/mol. The highest BCUT2D eigenvalue weighted by Crippen LogP contribution is 2.28. The van der Waals surface area contributed by atoms with Gasteiger partial charge in [-0.2, -0.15) is 4.98 Å². The molecule has 0 atom stereocenters. The maximum absolute atomic E-state index is 5.94. The minimum Gasteiger partial charge on any atom is -0.497 e. The molecule has 0 saturated carbocycles. The van der Waals surface area contributed by atoms with Crippen molar-refractivity contribution in [2.24, 2.45) is 0 Å². The van der Waals surface area contributed by atoms with Gasteiger partial charge in [0.25, 0.3) is 0 Å². The Hall–Kier alpha value is -1.59. The standard InChI is InChI=1S/C11H10Cl2N4O/c1-17(7-3-5-8(18-2)6-4-7)10-9(12)15-16-11(13)14-10/h3-6H,1-2H3. The van der Waals surface area contributed by atoms with Crippen molar-refractivity contribution in [2.75, 3.05) is 19.1 Å². The Labute approximate surface area is 114 Å². The van der Waals surface area contributed by atoms with Crippen molar-refractivity contribution in [3.05, 3.63) is 34.7 Å². The van der Waals surface area contributed by atoms with Gasteiger partial charge in [0.15, 0.2) is 11.0 Å². The van der Waals surface area contributed by atoms with Crippen molar-refractivity contribution in [3.63, 3.8) is 0 Å². The molecule has 1 heterocycles. The molecular formula is C11H10Cl2N4O. The Morgan fingerprint density at radius 3 is 2.39 bits per heavy atom. The lowest BCUT2D eigenvalue weighted by molar-refractivity contribution is 0.415. The summed E-state index contributed by atoms with van der Waals surface area (Å²) >= 11 is 11.6. The summed E-state index contributed by atoms with van der Waals surface area (Å²) in [4.78, 5) is 5.81.